The smallest absolute Gasteiger partial charge is 0.319 e. The number of aromatic nitrogens is 2. The zero-order valence-electron chi connectivity index (χ0n) is 20.9. The molecule has 1 aromatic heterocycles. The van der Waals surface area contributed by atoms with E-state index in [0.717, 1.165) is 19.3 Å². The van der Waals surface area contributed by atoms with E-state index in [9.17, 15) is 19.2 Å². The van der Waals surface area contributed by atoms with Gasteiger partial charge in [-0.2, -0.15) is 5.10 Å². The molecule has 1 saturated heterocycles. The zero-order valence-corrected chi connectivity index (χ0v) is 20.9. The normalized spacial score (nSPS) is 14.1. The highest BCUT2D eigenvalue weighted by Crippen LogP contribution is 2.19. The number of fused-ring (bicyclic) bond motifs is 1. The van der Waals surface area contributed by atoms with Gasteiger partial charge in [-0.1, -0.05) is 38.0 Å². The number of benzene rings is 1. The van der Waals surface area contributed by atoms with Crippen LogP contribution in [0.4, 0.5) is 4.79 Å². The summed E-state index contributed by atoms with van der Waals surface area (Å²) < 4.78 is 1.33. The number of carbonyl (C=O) groups excluding carboxylic acids is 3. The number of nitrogens with one attached hydrogen (secondary N) is 2. The first-order valence-electron chi connectivity index (χ1n) is 12.5. The van der Waals surface area contributed by atoms with Crippen molar-refractivity contribution in [3.63, 3.8) is 0 Å². The van der Waals surface area contributed by atoms with Crippen LogP contribution in [-0.4, -0.2) is 63.6 Å². The summed E-state index contributed by atoms with van der Waals surface area (Å²) in [5.74, 6) is -1.18. The Balaban J connectivity index is 1.64. The molecule has 10 heteroatoms. The first kappa shape index (κ1) is 26.2. The van der Waals surface area contributed by atoms with Gasteiger partial charge in [0, 0.05) is 44.0 Å². The molecule has 2 heterocycles. The summed E-state index contributed by atoms with van der Waals surface area (Å²) in [6.45, 7) is 8.68. The number of unbranched alkanes of at least 4 members (excludes halogenated alkanes) is 2. The van der Waals surface area contributed by atoms with E-state index in [2.05, 4.69) is 22.9 Å². The summed E-state index contributed by atoms with van der Waals surface area (Å²) in [5.41, 5.74) is 4.84. The second kappa shape index (κ2) is 12.3. The van der Waals surface area contributed by atoms with Gasteiger partial charge in [0.05, 0.1) is 5.39 Å². The number of rotatable bonds is 8. The Kier molecular flexibility index (Phi) is 9.22. The molecule has 0 aliphatic carbocycles. The third kappa shape index (κ3) is 6.17. The number of likely N-dealkylation sites (tertiary alicyclic amines) is 1. The highest BCUT2D eigenvalue weighted by Gasteiger charge is 2.29. The standard InChI is InChI=1S/C25H36N6O4/c1-4-7-10-15-31-24(34)20-12-9-8-11-19(20)21(28-31)23(33)27-26-22(32)18-13-16-30(17-14-18)25(35)29(5-2)6-3/h8-9,11-12,18H,4-7,10,13-17H2,1-3H3,(H,26,32)(H,27,33). The lowest BCUT2D eigenvalue weighted by Crippen LogP contribution is -2.50. The number of nitrogens with zero attached hydrogens (tertiary/aromatic N) is 4. The molecule has 0 unspecified atom stereocenters. The molecule has 2 N–H and O–H groups in total. The lowest BCUT2D eigenvalue weighted by molar-refractivity contribution is -0.127. The van der Waals surface area contributed by atoms with Crippen molar-refractivity contribution in [3.8, 4) is 0 Å². The van der Waals surface area contributed by atoms with Crippen molar-refractivity contribution >= 4 is 28.6 Å². The lowest BCUT2D eigenvalue weighted by atomic mass is 9.96. The summed E-state index contributed by atoms with van der Waals surface area (Å²) in [6.07, 6.45) is 3.80. The molecule has 4 amide bonds. The van der Waals surface area contributed by atoms with Crippen molar-refractivity contribution in [2.24, 2.45) is 5.92 Å². The Hall–Kier alpha value is -3.43. The van der Waals surface area contributed by atoms with Gasteiger partial charge in [-0.15, -0.1) is 0 Å². The van der Waals surface area contributed by atoms with Crippen molar-refractivity contribution in [1.82, 2.24) is 30.4 Å². The van der Waals surface area contributed by atoms with E-state index in [-0.39, 0.29) is 29.1 Å². The van der Waals surface area contributed by atoms with Crippen molar-refractivity contribution in [3.05, 3.63) is 40.3 Å². The Morgan fingerprint density at radius 1 is 1.00 bits per heavy atom. The van der Waals surface area contributed by atoms with Crippen LogP contribution in [0.15, 0.2) is 29.1 Å². The third-order valence-corrected chi connectivity index (χ3v) is 6.53. The second-order valence-corrected chi connectivity index (χ2v) is 8.79. The molecule has 190 valence electrons. The minimum atomic E-state index is -0.576. The highest BCUT2D eigenvalue weighted by molar-refractivity contribution is 6.05. The molecule has 10 nitrogen and oxygen atoms in total. The summed E-state index contributed by atoms with van der Waals surface area (Å²) in [5, 5.41) is 5.18. The first-order chi connectivity index (χ1) is 16.9. The van der Waals surface area contributed by atoms with E-state index in [1.165, 1.54) is 4.68 Å². The van der Waals surface area contributed by atoms with Gasteiger partial charge in [0.1, 0.15) is 0 Å². The van der Waals surface area contributed by atoms with Gasteiger partial charge in [0.15, 0.2) is 5.69 Å². The van der Waals surface area contributed by atoms with E-state index in [1.807, 2.05) is 13.8 Å². The summed E-state index contributed by atoms with van der Waals surface area (Å²) in [6, 6.07) is 6.85. The molecule has 0 spiro atoms. The first-order valence-corrected chi connectivity index (χ1v) is 12.5. The summed E-state index contributed by atoms with van der Waals surface area (Å²) in [4.78, 5) is 54.5. The zero-order chi connectivity index (χ0) is 25.4. The molecule has 0 saturated carbocycles. The Morgan fingerprint density at radius 2 is 1.66 bits per heavy atom. The van der Waals surface area contributed by atoms with Crippen molar-refractivity contribution in [2.75, 3.05) is 26.2 Å². The van der Waals surface area contributed by atoms with Crippen LogP contribution >= 0.6 is 0 Å². The minimum absolute atomic E-state index is 0.00539. The van der Waals surface area contributed by atoms with Gasteiger partial charge in [-0.3, -0.25) is 25.2 Å². The number of piperidine rings is 1. The van der Waals surface area contributed by atoms with Crippen molar-refractivity contribution in [2.45, 2.75) is 59.4 Å². The summed E-state index contributed by atoms with van der Waals surface area (Å²) >= 11 is 0. The third-order valence-electron chi connectivity index (χ3n) is 6.53. The molecule has 1 fully saturated rings. The molecular weight excluding hydrogens is 448 g/mol. The monoisotopic (exact) mass is 484 g/mol. The highest BCUT2D eigenvalue weighted by atomic mass is 16.2. The molecular formula is C25H36N6O4. The van der Waals surface area contributed by atoms with Crippen molar-refractivity contribution in [1.29, 1.82) is 0 Å². The summed E-state index contributed by atoms with van der Waals surface area (Å²) in [7, 11) is 0. The van der Waals surface area contributed by atoms with Gasteiger partial charge in [0.2, 0.25) is 5.91 Å². The van der Waals surface area contributed by atoms with Crippen LogP contribution in [0.3, 0.4) is 0 Å². The van der Waals surface area contributed by atoms with Crippen LogP contribution in [-0.2, 0) is 11.3 Å². The van der Waals surface area contributed by atoms with E-state index in [1.54, 1.807) is 34.1 Å². The van der Waals surface area contributed by atoms with Gasteiger partial charge >= 0.3 is 6.03 Å². The number of aryl methyl sites for hydroxylation is 1. The van der Waals surface area contributed by atoms with Crippen LogP contribution in [0, 0.1) is 5.92 Å². The Morgan fingerprint density at radius 3 is 2.29 bits per heavy atom. The van der Waals surface area contributed by atoms with Crippen LogP contribution in [0.5, 0.6) is 0 Å². The maximum absolute atomic E-state index is 13.0. The molecule has 1 aliphatic rings. The molecule has 2 aromatic rings. The number of hydrogen-bond acceptors (Lipinski definition) is 5. The molecule has 3 rings (SSSR count). The molecule has 0 bridgehead atoms. The van der Waals surface area contributed by atoms with E-state index in [4.69, 9.17) is 0 Å². The maximum Gasteiger partial charge on any atom is 0.319 e. The van der Waals surface area contributed by atoms with E-state index >= 15 is 0 Å². The van der Waals surface area contributed by atoms with Gasteiger partial charge < -0.3 is 9.80 Å². The van der Waals surface area contributed by atoms with Crippen LogP contribution in [0.2, 0.25) is 0 Å². The number of amides is 4. The van der Waals surface area contributed by atoms with Crippen LogP contribution in [0.25, 0.3) is 10.8 Å². The number of urea groups is 1. The number of carbonyl (C=O) groups is 3. The van der Waals surface area contributed by atoms with E-state index < -0.39 is 5.91 Å². The van der Waals surface area contributed by atoms with Gasteiger partial charge in [0.25, 0.3) is 11.5 Å². The fourth-order valence-electron chi connectivity index (χ4n) is 4.37. The average Bonchev–Trinajstić information content (AvgIpc) is 2.89. The van der Waals surface area contributed by atoms with E-state index in [0.29, 0.717) is 56.3 Å². The lowest BCUT2D eigenvalue weighted by Gasteiger charge is -2.34. The topological polar surface area (TPSA) is 117 Å². The largest absolute Gasteiger partial charge is 0.325 e. The Bertz CT molecular complexity index is 1100. The SMILES string of the molecule is CCCCCn1nc(C(=O)NNC(=O)C2CCN(C(=O)N(CC)CC)CC2)c2ccccc2c1=O. The number of hydrogen-bond donors (Lipinski definition) is 2. The quantitative estimate of drug-likeness (QED) is 0.441. The fraction of sp³-hybridized carbons (Fsp3) is 0.560. The van der Waals surface area contributed by atoms with Gasteiger partial charge in [-0.25, -0.2) is 9.48 Å². The fourth-order valence-corrected chi connectivity index (χ4v) is 4.37. The molecule has 0 atom stereocenters. The molecule has 1 aliphatic heterocycles. The second-order valence-electron chi connectivity index (χ2n) is 8.79. The van der Waals surface area contributed by atoms with Crippen LogP contribution in [0.1, 0.15) is 63.4 Å². The predicted molar refractivity (Wildman–Crippen MR) is 134 cm³/mol. The average molecular weight is 485 g/mol. The number of hydrazine groups is 1. The Labute approximate surface area is 205 Å². The molecule has 1 aromatic carbocycles. The van der Waals surface area contributed by atoms with Crippen molar-refractivity contribution < 1.29 is 14.4 Å². The molecule has 35 heavy (non-hydrogen) atoms. The molecule has 0 radical (unpaired) electrons. The minimum Gasteiger partial charge on any atom is -0.325 e. The predicted octanol–water partition coefficient (Wildman–Crippen LogP) is 2.52. The van der Waals surface area contributed by atoms with Crippen LogP contribution < -0.4 is 16.4 Å². The maximum atomic E-state index is 13.0. The van der Waals surface area contributed by atoms with Gasteiger partial charge in [-0.05, 0) is 39.2 Å².